The lowest BCUT2D eigenvalue weighted by Gasteiger charge is -2.37. The lowest BCUT2D eigenvalue weighted by Crippen LogP contribution is -2.54. The Labute approximate surface area is 164 Å². The maximum absolute atomic E-state index is 12.6. The second-order valence-corrected chi connectivity index (χ2v) is 7.31. The molecule has 9 nitrogen and oxygen atoms in total. The Hall–Kier alpha value is -2.84. The van der Waals surface area contributed by atoms with Crippen molar-refractivity contribution < 1.29 is 14.3 Å². The predicted octanol–water partition coefficient (Wildman–Crippen LogP) is 0.929. The monoisotopic (exact) mass is 388 g/mol. The molecular formula is C19H28N6O3. The van der Waals surface area contributed by atoms with Crippen LogP contribution in [-0.2, 0) is 9.53 Å². The Morgan fingerprint density at radius 2 is 1.86 bits per heavy atom. The number of nitrogens with zero attached hydrogens (tertiary/aromatic N) is 3. The van der Waals surface area contributed by atoms with Crippen LogP contribution >= 0.6 is 0 Å². The molecule has 0 atom stereocenters. The van der Waals surface area contributed by atoms with Gasteiger partial charge in [0.1, 0.15) is 11.7 Å². The van der Waals surface area contributed by atoms with Gasteiger partial charge in [-0.15, -0.1) is 0 Å². The van der Waals surface area contributed by atoms with Crippen molar-refractivity contribution in [2.24, 2.45) is 11.7 Å². The zero-order valence-corrected chi connectivity index (χ0v) is 16.2. The number of hydrogen-bond donors (Lipinski definition) is 3. The Bertz CT molecular complexity index is 707. The summed E-state index contributed by atoms with van der Waals surface area (Å²) in [6.07, 6.45) is 4.72. The fraction of sp³-hybridized carbons (Fsp3) is 0.579. The molecule has 9 heteroatoms. The van der Waals surface area contributed by atoms with Crippen molar-refractivity contribution in [1.82, 2.24) is 15.2 Å². The standard InChI is InChI=1S/C19H28N6O3/c1-28-18(26)13-2-5-15(6-3-13)23-19(27)25-10-8-24(9-11-25)16-7-4-14(12-22-16)17(20)21/h4,7,12-13,15H,2-3,5-6,8-11H2,1H3,(H3,20,21)(H,23,27). The summed E-state index contributed by atoms with van der Waals surface area (Å²) in [6, 6.07) is 3.72. The van der Waals surface area contributed by atoms with Gasteiger partial charge in [0, 0.05) is 44.0 Å². The zero-order chi connectivity index (χ0) is 20.1. The molecule has 152 valence electrons. The van der Waals surface area contributed by atoms with Crippen molar-refractivity contribution in [3.8, 4) is 0 Å². The quantitative estimate of drug-likeness (QED) is 0.400. The van der Waals surface area contributed by atoms with E-state index in [2.05, 4.69) is 15.2 Å². The molecule has 4 N–H and O–H groups in total. The molecule has 2 fully saturated rings. The first kappa shape index (κ1) is 19.9. The molecule has 3 rings (SSSR count). The van der Waals surface area contributed by atoms with E-state index in [4.69, 9.17) is 15.9 Å². The maximum atomic E-state index is 12.6. The number of carbonyl (C=O) groups is 2. The highest BCUT2D eigenvalue weighted by Gasteiger charge is 2.29. The molecule has 2 amide bonds. The Morgan fingerprint density at radius 3 is 2.39 bits per heavy atom. The summed E-state index contributed by atoms with van der Waals surface area (Å²) >= 11 is 0. The number of nitrogens with two attached hydrogens (primary N) is 1. The van der Waals surface area contributed by atoms with E-state index in [0.29, 0.717) is 31.7 Å². The molecule has 0 radical (unpaired) electrons. The Morgan fingerprint density at radius 1 is 1.18 bits per heavy atom. The van der Waals surface area contributed by atoms with Crippen LogP contribution in [0.15, 0.2) is 18.3 Å². The number of anilines is 1. The van der Waals surface area contributed by atoms with E-state index < -0.39 is 0 Å². The van der Waals surface area contributed by atoms with Crippen molar-refractivity contribution in [1.29, 1.82) is 5.41 Å². The van der Waals surface area contributed by atoms with Crippen molar-refractivity contribution in [2.45, 2.75) is 31.7 Å². The van der Waals surface area contributed by atoms with Gasteiger partial charge in [-0.25, -0.2) is 9.78 Å². The average Bonchev–Trinajstić information content (AvgIpc) is 2.74. The Kier molecular flexibility index (Phi) is 6.33. The van der Waals surface area contributed by atoms with E-state index >= 15 is 0 Å². The first-order valence-electron chi connectivity index (χ1n) is 9.66. The number of aromatic nitrogens is 1. The molecule has 2 heterocycles. The molecule has 1 aromatic rings. The van der Waals surface area contributed by atoms with Crippen molar-refractivity contribution >= 4 is 23.7 Å². The van der Waals surface area contributed by atoms with Gasteiger partial charge in [-0.05, 0) is 37.8 Å². The van der Waals surface area contributed by atoms with Crippen LogP contribution < -0.4 is 16.0 Å². The van der Waals surface area contributed by atoms with Crippen LogP contribution in [-0.4, -0.2) is 67.1 Å². The van der Waals surface area contributed by atoms with Gasteiger partial charge in [0.25, 0.3) is 0 Å². The van der Waals surface area contributed by atoms with Gasteiger partial charge in [0.2, 0.25) is 0 Å². The van der Waals surface area contributed by atoms with E-state index in [9.17, 15) is 9.59 Å². The number of nitrogens with one attached hydrogen (secondary N) is 2. The van der Waals surface area contributed by atoms with Crippen LogP contribution in [0.25, 0.3) is 0 Å². The lowest BCUT2D eigenvalue weighted by molar-refractivity contribution is -0.146. The first-order chi connectivity index (χ1) is 13.5. The number of carbonyl (C=O) groups excluding carboxylic acids is 2. The summed E-state index contributed by atoms with van der Waals surface area (Å²) in [5, 5.41) is 10.5. The second-order valence-electron chi connectivity index (χ2n) is 7.31. The molecule has 1 aliphatic heterocycles. The number of nitrogen functional groups attached to an aromatic ring is 1. The van der Waals surface area contributed by atoms with Crippen LogP contribution in [0.3, 0.4) is 0 Å². The fourth-order valence-electron chi connectivity index (χ4n) is 3.78. The normalized spacial score (nSPS) is 22.5. The summed E-state index contributed by atoms with van der Waals surface area (Å²) in [5.41, 5.74) is 6.06. The van der Waals surface area contributed by atoms with Crippen LogP contribution in [0, 0.1) is 11.3 Å². The minimum Gasteiger partial charge on any atom is -0.469 e. The fourth-order valence-corrected chi connectivity index (χ4v) is 3.78. The summed E-state index contributed by atoms with van der Waals surface area (Å²) in [6.45, 7) is 2.66. The van der Waals surface area contributed by atoms with E-state index in [1.165, 1.54) is 7.11 Å². The van der Waals surface area contributed by atoms with Gasteiger partial charge in [0.15, 0.2) is 0 Å². The molecule has 1 saturated heterocycles. The number of ether oxygens (including phenoxy) is 1. The molecule has 2 aliphatic rings. The summed E-state index contributed by atoms with van der Waals surface area (Å²) < 4.78 is 4.80. The van der Waals surface area contributed by atoms with E-state index in [0.717, 1.165) is 31.5 Å². The van der Waals surface area contributed by atoms with Crippen LogP contribution in [0.2, 0.25) is 0 Å². The number of piperazine rings is 1. The number of hydrogen-bond acceptors (Lipinski definition) is 6. The van der Waals surface area contributed by atoms with Crippen molar-refractivity contribution in [3.63, 3.8) is 0 Å². The van der Waals surface area contributed by atoms with E-state index in [-0.39, 0.29) is 29.8 Å². The number of amidine groups is 1. The predicted molar refractivity (Wildman–Crippen MR) is 105 cm³/mol. The third-order valence-electron chi connectivity index (χ3n) is 5.54. The highest BCUT2D eigenvalue weighted by molar-refractivity contribution is 5.94. The SMILES string of the molecule is COC(=O)C1CCC(NC(=O)N2CCN(c3ccc(C(=N)N)cn3)CC2)CC1. The molecule has 0 unspecified atom stereocenters. The first-order valence-corrected chi connectivity index (χ1v) is 9.66. The minimum atomic E-state index is -0.147. The topological polar surface area (TPSA) is 125 Å². The summed E-state index contributed by atoms with van der Waals surface area (Å²) in [5.74, 6) is 0.641. The summed E-state index contributed by atoms with van der Waals surface area (Å²) in [4.78, 5) is 32.5. The lowest BCUT2D eigenvalue weighted by atomic mass is 9.86. The number of amides is 2. The summed E-state index contributed by atoms with van der Waals surface area (Å²) in [7, 11) is 1.42. The van der Waals surface area contributed by atoms with Crippen LogP contribution in [0.1, 0.15) is 31.2 Å². The van der Waals surface area contributed by atoms with Crippen LogP contribution in [0.5, 0.6) is 0 Å². The van der Waals surface area contributed by atoms with Crippen molar-refractivity contribution in [2.75, 3.05) is 38.2 Å². The molecule has 0 spiro atoms. The third kappa shape index (κ3) is 4.71. The molecule has 0 aromatic carbocycles. The molecular weight excluding hydrogens is 360 g/mol. The maximum Gasteiger partial charge on any atom is 0.317 e. The van der Waals surface area contributed by atoms with E-state index in [1.54, 1.807) is 12.3 Å². The molecule has 0 bridgehead atoms. The van der Waals surface area contributed by atoms with Gasteiger partial charge in [-0.1, -0.05) is 0 Å². The van der Waals surface area contributed by atoms with Crippen molar-refractivity contribution in [3.05, 3.63) is 23.9 Å². The largest absolute Gasteiger partial charge is 0.469 e. The van der Waals surface area contributed by atoms with Gasteiger partial charge in [0.05, 0.1) is 13.0 Å². The smallest absolute Gasteiger partial charge is 0.317 e. The zero-order valence-electron chi connectivity index (χ0n) is 16.2. The second kappa shape index (κ2) is 8.90. The third-order valence-corrected chi connectivity index (χ3v) is 5.54. The van der Waals surface area contributed by atoms with Gasteiger partial charge < -0.3 is 25.6 Å². The Balaban J connectivity index is 1.44. The van der Waals surface area contributed by atoms with Gasteiger partial charge in [-0.3, -0.25) is 10.2 Å². The number of pyridine rings is 1. The minimum absolute atomic E-state index is 0.00107. The van der Waals surface area contributed by atoms with E-state index in [1.807, 2.05) is 11.0 Å². The number of urea groups is 1. The van der Waals surface area contributed by atoms with Gasteiger partial charge in [-0.2, -0.15) is 0 Å². The number of esters is 1. The highest BCUT2D eigenvalue weighted by Crippen LogP contribution is 2.25. The number of methoxy groups -OCH3 is 1. The van der Waals surface area contributed by atoms with Gasteiger partial charge >= 0.3 is 12.0 Å². The van der Waals surface area contributed by atoms with Crippen LogP contribution in [0.4, 0.5) is 10.6 Å². The highest BCUT2D eigenvalue weighted by atomic mass is 16.5. The molecule has 1 aromatic heterocycles. The molecule has 1 aliphatic carbocycles. The average molecular weight is 388 g/mol. The molecule has 1 saturated carbocycles. The number of rotatable bonds is 4. The molecule has 28 heavy (non-hydrogen) atoms.